The molecule has 1 N–H and O–H groups in total. The molecule has 0 aromatic carbocycles. The lowest BCUT2D eigenvalue weighted by Crippen LogP contribution is -2.56. The molecule has 0 unspecified atom stereocenters. The van der Waals surface area contributed by atoms with Crippen molar-refractivity contribution >= 4 is 32.7 Å². The fourth-order valence-electron chi connectivity index (χ4n) is 7.42. The molecule has 30 heavy (non-hydrogen) atoms. The molecule has 0 radical (unpaired) electrons. The van der Waals surface area contributed by atoms with Gasteiger partial charge >= 0.3 is 0 Å². The molecule has 4 bridgehead atoms. The Labute approximate surface area is 182 Å². The van der Waals surface area contributed by atoms with Gasteiger partial charge in [0.15, 0.2) is 5.13 Å². The largest absolute Gasteiger partial charge is 0.353 e. The number of anilines is 1. The highest BCUT2D eigenvalue weighted by atomic mass is 32.1. The molecule has 4 saturated carbocycles. The molecule has 5 aliphatic rings. The molecule has 1 amide bonds. The number of pyridine rings is 1. The van der Waals surface area contributed by atoms with Crippen molar-refractivity contribution in [3.63, 3.8) is 0 Å². The van der Waals surface area contributed by atoms with E-state index in [4.69, 9.17) is 4.98 Å². The third-order valence-corrected chi connectivity index (χ3v) is 9.69. The molecular formula is C24H32N4OS. The van der Waals surface area contributed by atoms with Crippen LogP contribution in [0, 0.1) is 29.1 Å². The molecule has 6 heteroatoms. The van der Waals surface area contributed by atoms with Crippen molar-refractivity contribution in [3.05, 3.63) is 18.3 Å². The second-order valence-corrected chi connectivity index (χ2v) is 11.6. The van der Waals surface area contributed by atoms with Crippen molar-refractivity contribution < 1.29 is 4.79 Å². The van der Waals surface area contributed by atoms with Gasteiger partial charge in [-0.1, -0.05) is 11.3 Å². The van der Waals surface area contributed by atoms with Crippen LogP contribution in [0.1, 0.15) is 58.3 Å². The van der Waals surface area contributed by atoms with Crippen LogP contribution in [-0.4, -0.2) is 35.0 Å². The zero-order valence-electron chi connectivity index (χ0n) is 17.8. The first-order valence-electron chi connectivity index (χ1n) is 11.8. The molecule has 2 aromatic heterocycles. The summed E-state index contributed by atoms with van der Waals surface area (Å²) in [6.45, 7) is 4.11. The molecule has 2 aromatic rings. The summed E-state index contributed by atoms with van der Waals surface area (Å²) in [5, 5.41) is 4.55. The second-order valence-electron chi connectivity index (χ2n) is 10.6. The minimum absolute atomic E-state index is 0.144. The number of carbonyl (C=O) groups excluding carboxylic acids is 1. The van der Waals surface area contributed by atoms with E-state index < -0.39 is 0 Å². The quantitative estimate of drug-likeness (QED) is 0.777. The molecule has 1 aliphatic heterocycles. The van der Waals surface area contributed by atoms with Crippen molar-refractivity contribution in [2.75, 3.05) is 18.0 Å². The van der Waals surface area contributed by atoms with Crippen LogP contribution in [0.2, 0.25) is 0 Å². The zero-order valence-corrected chi connectivity index (χ0v) is 18.7. The van der Waals surface area contributed by atoms with E-state index in [1.165, 1.54) is 38.5 Å². The molecule has 5 fully saturated rings. The Bertz CT molecular complexity index is 879. The van der Waals surface area contributed by atoms with Crippen LogP contribution in [0.5, 0.6) is 0 Å². The number of thiazole rings is 1. The number of hydrogen-bond donors (Lipinski definition) is 1. The number of nitrogens with zero attached hydrogens (tertiary/aromatic N) is 3. The number of nitrogens with one attached hydrogen (secondary N) is 1. The van der Waals surface area contributed by atoms with E-state index in [0.717, 1.165) is 59.2 Å². The third-order valence-electron chi connectivity index (χ3n) is 8.65. The summed E-state index contributed by atoms with van der Waals surface area (Å²) in [4.78, 5) is 25.6. The van der Waals surface area contributed by atoms with E-state index in [0.29, 0.717) is 17.4 Å². The standard InChI is InChI=1S/C24H32N4OS/c1-15(24-12-16-9-17(13-24)11-18(10-16)14-24)26-21(29)19-4-7-28(8-5-19)23-27-20-3-2-6-25-22(20)30-23/h2-3,6,15-19H,4-5,7-14H2,1H3,(H,26,29)/t15-,16?,17?,18?,24?/m1/s1. The average molecular weight is 425 g/mol. The molecular weight excluding hydrogens is 392 g/mol. The van der Waals surface area contributed by atoms with Crippen LogP contribution in [0.25, 0.3) is 10.3 Å². The van der Waals surface area contributed by atoms with Gasteiger partial charge in [0.05, 0.1) is 0 Å². The molecule has 3 heterocycles. The smallest absolute Gasteiger partial charge is 0.223 e. The number of carbonyl (C=O) groups is 1. The van der Waals surface area contributed by atoms with Crippen molar-refractivity contribution in [3.8, 4) is 0 Å². The highest BCUT2D eigenvalue weighted by Gasteiger charge is 2.53. The lowest BCUT2D eigenvalue weighted by molar-refractivity contribution is -0.130. The monoisotopic (exact) mass is 424 g/mol. The summed E-state index contributed by atoms with van der Waals surface area (Å²) in [5.41, 5.74) is 1.36. The van der Waals surface area contributed by atoms with Gasteiger partial charge in [-0.05, 0) is 93.6 Å². The number of rotatable bonds is 4. The maximum Gasteiger partial charge on any atom is 0.223 e. The van der Waals surface area contributed by atoms with Gasteiger partial charge in [-0.3, -0.25) is 4.79 Å². The predicted molar refractivity (Wildman–Crippen MR) is 121 cm³/mol. The van der Waals surface area contributed by atoms with E-state index in [9.17, 15) is 4.79 Å². The molecule has 4 aliphatic carbocycles. The second kappa shape index (κ2) is 7.18. The average Bonchev–Trinajstić information content (AvgIpc) is 3.17. The molecule has 7 rings (SSSR count). The summed E-state index contributed by atoms with van der Waals surface area (Å²) in [5.74, 6) is 3.24. The number of amides is 1. The first kappa shape index (κ1) is 19.0. The van der Waals surface area contributed by atoms with E-state index in [1.54, 1.807) is 11.3 Å². The lowest BCUT2D eigenvalue weighted by atomic mass is 9.48. The van der Waals surface area contributed by atoms with Gasteiger partial charge in [0, 0.05) is 31.2 Å². The fraction of sp³-hybridized carbons (Fsp3) is 0.708. The Morgan fingerprint density at radius 1 is 1.17 bits per heavy atom. The van der Waals surface area contributed by atoms with Gasteiger partial charge in [-0.15, -0.1) is 0 Å². The van der Waals surface area contributed by atoms with E-state index in [2.05, 4.69) is 22.1 Å². The SMILES string of the molecule is C[C@@H](NC(=O)C1CCN(c2nc3cccnc3s2)CC1)C12CC3CC(CC(C3)C1)C2. The summed E-state index contributed by atoms with van der Waals surface area (Å²) < 4.78 is 0. The third kappa shape index (κ3) is 3.22. The molecule has 1 saturated heterocycles. The Kier molecular flexibility index (Phi) is 4.55. The van der Waals surface area contributed by atoms with Crippen molar-refractivity contribution in [1.29, 1.82) is 0 Å². The molecule has 5 nitrogen and oxygen atoms in total. The van der Waals surface area contributed by atoms with E-state index in [1.807, 2.05) is 18.3 Å². The Hall–Kier alpha value is -1.69. The molecule has 0 spiro atoms. The molecule has 1 atom stereocenters. The Morgan fingerprint density at radius 2 is 1.83 bits per heavy atom. The van der Waals surface area contributed by atoms with Crippen LogP contribution in [0.3, 0.4) is 0 Å². The van der Waals surface area contributed by atoms with Gasteiger partial charge < -0.3 is 10.2 Å². The van der Waals surface area contributed by atoms with Crippen LogP contribution in [-0.2, 0) is 4.79 Å². The zero-order chi connectivity index (χ0) is 20.3. The van der Waals surface area contributed by atoms with Gasteiger partial charge in [-0.2, -0.15) is 0 Å². The summed E-state index contributed by atoms with van der Waals surface area (Å²) >= 11 is 1.66. The van der Waals surface area contributed by atoms with Crippen LogP contribution < -0.4 is 10.2 Å². The van der Waals surface area contributed by atoms with Gasteiger partial charge in [0.25, 0.3) is 0 Å². The fourth-order valence-corrected chi connectivity index (χ4v) is 8.38. The highest BCUT2D eigenvalue weighted by molar-refractivity contribution is 7.21. The van der Waals surface area contributed by atoms with E-state index >= 15 is 0 Å². The summed E-state index contributed by atoms with van der Waals surface area (Å²) in [6, 6.07) is 4.29. The normalized spacial score (nSPS) is 34.4. The number of piperidine rings is 1. The molecule has 160 valence electrons. The first-order valence-corrected chi connectivity index (χ1v) is 12.7. The Balaban J connectivity index is 1.07. The van der Waals surface area contributed by atoms with Crippen molar-refractivity contribution in [1.82, 2.24) is 15.3 Å². The minimum Gasteiger partial charge on any atom is -0.353 e. The topological polar surface area (TPSA) is 58.1 Å². The van der Waals surface area contributed by atoms with Gasteiger partial charge in [-0.25, -0.2) is 9.97 Å². The number of fused-ring (bicyclic) bond motifs is 1. The van der Waals surface area contributed by atoms with Gasteiger partial charge in [0.1, 0.15) is 10.3 Å². The highest BCUT2D eigenvalue weighted by Crippen LogP contribution is 2.61. The van der Waals surface area contributed by atoms with Gasteiger partial charge in [0.2, 0.25) is 5.91 Å². The lowest BCUT2D eigenvalue weighted by Gasteiger charge is -2.59. The van der Waals surface area contributed by atoms with Crippen LogP contribution >= 0.6 is 11.3 Å². The number of aromatic nitrogens is 2. The Morgan fingerprint density at radius 3 is 2.47 bits per heavy atom. The minimum atomic E-state index is 0.144. The first-order chi connectivity index (χ1) is 14.6. The summed E-state index contributed by atoms with van der Waals surface area (Å²) in [6.07, 6.45) is 12.1. The maximum atomic E-state index is 13.1. The van der Waals surface area contributed by atoms with Crippen LogP contribution in [0.4, 0.5) is 5.13 Å². The maximum absolute atomic E-state index is 13.1. The van der Waals surface area contributed by atoms with Crippen molar-refractivity contribution in [2.45, 2.75) is 64.3 Å². The predicted octanol–water partition coefficient (Wildman–Crippen LogP) is 4.63. The number of hydrogen-bond acceptors (Lipinski definition) is 5. The summed E-state index contributed by atoms with van der Waals surface area (Å²) in [7, 11) is 0. The van der Waals surface area contributed by atoms with E-state index in [-0.39, 0.29) is 5.92 Å². The van der Waals surface area contributed by atoms with Crippen LogP contribution in [0.15, 0.2) is 18.3 Å². The van der Waals surface area contributed by atoms with Crippen molar-refractivity contribution in [2.24, 2.45) is 29.1 Å².